The zero-order valence-electron chi connectivity index (χ0n) is 11.6. The van der Waals surface area contributed by atoms with Crippen LogP contribution in [-0.2, 0) is 0 Å². The van der Waals surface area contributed by atoms with Gasteiger partial charge in [-0.25, -0.2) is 4.98 Å². The van der Waals surface area contributed by atoms with Gasteiger partial charge in [-0.05, 0) is 26.0 Å². The van der Waals surface area contributed by atoms with E-state index in [1.807, 2.05) is 24.3 Å². The third-order valence-corrected chi connectivity index (χ3v) is 3.04. The Labute approximate surface area is 113 Å². The molecule has 0 aliphatic carbocycles. The van der Waals surface area contributed by atoms with Gasteiger partial charge < -0.3 is 15.3 Å². The van der Waals surface area contributed by atoms with Gasteiger partial charge in [0.25, 0.3) is 0 Å². The highest BCUT2D eigenvalue weighted by Crippen LogP contribution is 2.26. The van der Waals surface area contributed by atoms with Crippen LogP contribution < -0.4 is 10.2 Å². The number of aliphatic hydroxyl groups excluding tert-OH is 1. The maximum atomic E-state index is 9.24. The molecule has 0 fully saturated rings. The zero-order valence-corrected chi connectivity index (χ0v) is 11.6. The first-order valence-electron chi connectivity index (χ1n) is 6.49. The Morgan fingerprint density at radius 2 is 2.00 bits per heavy atom. The Hall–Kier alpha value is -1.88. The average molecular weight is 260 g/mol. The molecule has 1 heterocycles. The van der Waals surface area contributed by atoms with Crippen LogP contribution in [0.1, 0.15) is 13.8 Å². The third kappa shape index (κ3) is 2.76. The van der Waals surface area contributed by atoms with Gasteiger partial charge in [0.2, 0.25) is 5.95 Å². The SMILES string of the molecule is CNc1nc(N(CCO)C(C)C)c2ccccc2n1. The fourth-order valence-electron chi connectivity index (χ4n) is 2.11. The number of nitrogens with zero attached hydrogens (tertiary/aromatic N) is 3. The number of hydrogen-bond donors (Lipinski definition) is 2. The third-order valence-electron chi connectivity index (χ3n) is 3.04. The van der Waals surface area contributed by atoms with Gasteiger partial charge >= 0.3 is 0 Å². The van der Waals surface area contributed by atoms with Crippen LogP contribution >= 0.6 is 0 Å². The van der Waals surface area contributed by atoms with Gasteiger partial charge in [-0.3, -0.25) is 0 Å². The monoisotopic (exact) mass is 260 g/mol. The van der Waals surface area contributed by atoms with Gasteiger partial charge in [-0.2, -0.15) is 4.98 Å². The Kier molecular flexibility index (Phi) is 4.16. The molecule has 0 spiro atoms. The van der Waals surface area contributed by atoms with E-state index >= 15 is 0 Å². The minimum absolute atomic E-state index is 0.103. The molecule has 2 aromatic rings. The van der Waals surface area contributed by atoms with Crippen molar-refractivity contribution in [1.82, 2.24) is 9.97 Å². The summed E-state index contributed by atoms with van der Waals surface area (Å²) >= 11 is 0. The summed E-state index contributed by atoms with van der Waals surface area (Å²) in [5, 5.41) is 13.2. The molecule has 0 amide bonds. The van der Waals surface area contributed by atoms with Crippen molar-refractivity contribution in [2.45, 2.75) is 19.9 Å². The molecule has 0 radical (unpaired) electrons. The summed E-state index contributed by atoms with van der Waals surface area (Å²) in [7, 11) is 1.81. The quantitative estimate of drug-likeness (QED) is 0.859. The smallest absolute Gasteiger partial charge is 0.224 e. The van der Waals surface area contributed by atoms with Gasteiger partial charge in [0.1, 0.15) is 5.82 Å². The predicted octanol–water partition coefficient (Wildman–Crippen LogP) is 1.88. The molecule has 0 aliphatic rings. The molecule has 19 heavy (non-hydrogen) atoms. The van der Waals surface area contributed by atoms with E-state index in [2.05, 4.69) is 34.0 Å². The molecule has 2 rings (SSSR count). The highest BCUT2D eigenvalue weighted by molar-refractivity contribution is 5.90. The van der Waals surface area contributed by atoms with Crippen LogP contribution in [0.25, 0.3) is 10.9 Å². The number of benzene rings is 1. The molecule has 0 unspecified atom stereocenters. The molecule has 0 bridgehead atoms. The van der Waals surface area contributed by atoms with Crippen LogP contribution in [-0.4, -0.2) is 41.3 Å². The minimum Gasteiger partial charge on any atom is -0.395 e. The fraction of sp³-hybridized carbons (Fsp3) is 0.429. The summed E-state index contributed by atoms with van der Waals surface area (Å²) in [6, 6.07) is 8.18. The van der Waals surface area contributed by atoms with Crippen molar-refractivity contribution in [3.8, 4) is 0 Å². The number of nitrogens with one attached hydrogen (secondary N) is 1. The van der Waals surface area contributed by atoms with Crippen LogP contribution in [0.2, 0.25) is 0 Å². The van der Waals surface area contributed by atoms with Gasteiger partial charge in [-0.15, -0.1) is 0 Å². The summed E-state index contributed by atoms with van der Waals surface area (Å²) < 4.78 is 0. The summed E-state index contributed by atoms with van der Waals surface area (Å²) in [6.45, 7) is 4.84. The van der Waals surface area contributed by atoms with Crippen molar-refractivity contribution in [1.29, 1.82) is 0 Å². The molecule has 5 nitrogen and oxygen atoms in total. The van der Waals surface area contributed by atoms with Crippen LogP contribution in [0.5, 0.6) is 0 Å². The molecular weight excluding hydrogens is 240 g/mol. The summed E-state index contributed by atoms with van der Waals surface area (Å²) in [5.74, 6) is 1.45. The molecule has 1 aromatic carbocycles. The van der Waals surface area contributed by atoms with Gasteiger partial charge in [0.05, 0.1) is 12.1 Å². The van der Waals surface area contributed by atoms with Crippen molar-refractivity contribution in [2.75, 3.05) is 30.4 Å². The number of anilines is 2. The van der Waals surface area contributed by atoms with Gasteiger partial charge in [-0.1, -0.05) is 12.1 Å². The van der Waals surface area contributed by atoms with E-state index in [0.29, 0.717) is 12.5 Å². The molecule has 0 saturated carbocycles. The standard InChI is InChI=1S/C14H20N4O/c1-10(2)18(8-9-19)13-11-6-4-5-7-12(11)16-14(15-3)17-13/h4-7,10,19H,8-9H2,1-3H3,(H,15,16,17). The molecule has 1 aromatic heterocycles. The van der Waals surface area contributed by atoms with E-state index in [1.165, 1.54) is 0 Å². The lowest BCUT2D eigenvalue weighted by Gasteiger charge is -2.28. The lowest BCUT2D eigenvalue weighted by Crippen LogP contribution is -2.34. The maximum Gasteiger partial charge on any atom is 0.224 e. The van der Waals surface area contributed by atoms with E-state index in [-0.39, 0.29) is 12.6 Å². The highest BCUT2D eigenvalue weighted by Gasteiger charge is 2.16. The first-order chi connectivity index (χ1) is 9.17. The lowest BCUT2D eigenvalue weighted by molar-refractivity contribution is 0.299. The predicted molar refractivity (Wildman–Crippen MR) is 78.7 cm³/mol. The Morgan fingerprint density at radius 1 is 1.26 bits per heavy atom. The summed E-state index contributed by atoms with van der Waals surface area (Å²) in [6.07, 6.45) is 0. The first kappa shape index (κ1) is 13.5. The number of hydrogen-bond acceptors (Lipinski definition) is 5. The molecule has 0 atom stereocenters. The molecule has 2 N–H and O–H groups in total. The number of aliphatic hydroxyl groups is 1. The van der Waals surface area contributed by atoms with Crippen molar-refractivity contribution < 1.29 is 5.11 Å². The maximum absolute atomic E-state index is 9.24. The van der Waals surface area contributed by atoms with Crippen LogP contribution in [0.15, 0.2) is 24.3 Å². The largest absolute Gasteiger partial charge is 0.395 e. The van der Waals surface area contributed by atoms with Gasteiger partial charge in [0.15, 0.2) is 0 Å². The van der Waals surface area contributed by atoms with Crippen molar-refractivity contribution in [3.05, 3.63) is 24.3 Å². The van der Waals surface area contributed by atoms with E-state index < -0.39 is 0 Å². The summed E-state index contributed by atoms with van der Waals surface area (Å²) in [4.78, 5) is 11.1. The Bertz CT molecular complexity index is 556. The van der Waals surface area contributed by atoms with Gasteiger partial charge in [0, 0.05) is 25.0 Å². The zero-order chi connectivity index (χ0) is 13.8. The molecule has 0 saturated heterocycles. The molecular formula is C14H20N4O. The molecule has 102 valence electrons. The van der Waals surface area contributed by atoms with Crippen molar-refractivity contribution >= 4 is 22.7 Å². The number of fused-ring (bicyclic) bond motifs is 1. The molecule has 0 aliphatic heterocycles. The van der Waals surface area contributed by atoms with E-state index in [1.54, 1.807) is 7.05 Å². The number of aromatic nitrogens is 2. The van der Waals surface area contributed by atoms with E-state index in [9.17, 15) is 5.11 Å². The molecule has 5 heteroatoms. The Balaban J connectivity index is 2.61. The topological polar surface area (TPSA) is 61.3 Å². The normalized spacial score (nSPS) is 11.0. The second kappa shape index (κ2) is 5.84. The van der Waals surface area contributed by atoms with Crippen LogP contribution in [0.4, 0.5) is 11.8 Å². The van der Waals surface area contributed by atoms with Crippen LogP contribution in [0.3, 0.4) is 0 Å². The van der Waals surface area contributed by atoms with Crippen LogP contribution in [0, 0.1) is 0 Å². The minimum atomic E-state index is 0.103. The fourth-order valence-corrected chi connectivity index (χ4v) is 2.11. The van der Waals surface area contributed by atoms with E-state index in [4.69, 9.17) is 0 Å². The lowest BCUT2D eigenvalue weighted by atomic mass is 10.2. The summed E-state index contributed by atoms with van der Waals surface area (Å²) in [5.41, 5.74) is 0.903. The average Bonchev–Trinajstić information content (AvgIpc) is 2.43. The number of para-hydroxylation sites is 1. The second-order valence-electron chi connectivity index (χ2n) is 4.65. The van der Waals surface area contributed by atoms with E-state index in [0.717, 1.165) is 16.7 Å². The first-order valence-corrected chi connectivity index (χ1v) is 6.49. The van der Waals surface area contributed by atoms with Crippen molar-refractivity contribution in [3.63, 3.8) is 0 Å². The highest BCUT2D eigenvalue weighted by atomic mass is 16.3. The second-order valence-corrected chi connectivity index (χ2v) is 4.65. The van der Waals surface area contributed by atoms with Crippen molar-refractivity contribution in [2.24, 2.45) is 0 Å². The Morgan fingerprint density at radius 3 is 2.63 bits per heavy atom. The number of rotatable bonds is 5.